The molecule has 0 aliphatic rings. The number of allylic oxidation sites excluding steroid dienone is 10. The fraction of sp³-hybridized carbons (Fsp3) is 0.745. The molecule has 0 saturated carbocycles. The number of likely N-dealkylation sites (N-methyl/N-ethyl adjacent to an activating group) is 1. The maximum Gasteiger partial charge on any atom is 0.472 e. The SMILES string of the molecule is CCCCC/C=C\C/C=C\C/C=C\C/C=C\CCCCCC(=O)OC[C@H](COP(=O)(O)OCC[N+](C)(C)C)OC(=O)CCCCCCC/C=C\CCCCCCC. The Hall–Kier alpha value is -2.29. The van der Waals surface area contributed by atoms with Crippen LogP contribution in [0.25, 0.3) is 0 Å². The molecule has 0 amide bonds. The Balaban J connectivity index is 4.42. The number of carbonyl (C=O) groups is 2. The summed E-state index contributed by atoms with van der Waals surface area (Å²) in [7, 11) is 1.44. The van der Waals surface area contributed by atoms with Gasteiger partial charge >= 0.3 is 19.8 Å². The van der Waals surface area contributed by atoms with E-state index in [-0.39, 0.29) is 26.1 Å². The molecule has 0 radical (unpaired) electrons. The lowest BCUT2D eigenvalue weighted by molar-refractivity contribution is -0.870. The summed E-state index contributed by atoms with van der Waals surface area (Å²) in [5.41, 5.74) is 0. The molecule has 0 fully saturated rings. The van der Waals surface area contributed by atoms with Gasteiger partial charge in [0.15, 0.2) is 6.10 Å². The van der Waals surface area contributed by atoms with E-state index in [2.05, 4.69) is 74.6 Å². The first-order valence-electron chi connectivity index (χ1n) is 22.5. The van der Waals surface area contributed by atoms with Gasteiger partial charge < -0.3 is 18.9 Å². The van der Waals surface area contributed by atoms with E-state index in [1.165, 1.54) is 64.2 Å². The number of hydrogen-bond donors (Lipinski definition) is 1. The Labute approximate surface area is 349 Å². The zero-order chi connectivity index (χ0) is 42.1. The summed E-state index contributed by atoms with van der Waals surface area (Å²) >= 11 is 0. The van der Waals surface area contributed by atoms with Gasteiger partial charge in [-0.15, -0.1) is 0 Å². The maximum absolute atomic E-state index is 12.7. The van der Waals surface area contributed by atoms with Crippen LogP contribution in [-0.4, -0.2) is 74.9 Å². The Kier molecular flexibility index (Phi) is 37.6. The van der Waals surface area contributed by atoms with Gasteiger partial charge in [-0.1, -0.05) is 139 Å². The van der Waals surface area contributed by atoms with Crippen molar-refractivity contribution in [3.05, 3.63) is 60.8 Å². The van der Waals surface area contributed by atoms with Crippen molar-refractivity contribution in [3.63, 3.8) is 0 Å². The quantitative estimate of drug-likeness (QED) is 0.0214. The van der Waals surface area contributed by atoms with Crippen LogP contribution in [0.2, 0.25) is 0 Å². The van der Waals surface area contributed by atoms with Crippen LogP contribution in [-0.2, 0) is 32.7 Å². The molecule has 0 saturated heterocycles. The molecule has 1 unspecified atom stereocenters. The lowest BCUT2D eigenvalue weighted by atomic mass is 10.1. The molecule has 330 valence electrons. The third-order valence-electron chi connectivity index (χ3n) is 9.27. The Morgan fingerprint density at radius 3 is 1.47 bits per heavy atom. The van der Waals surface area contributed by atoms with Crippen LogP contribution < -0.4 is 0 Å². The lowest BCUT2D eigenvalue weighted by Gasteiger charge is -2.24. The molecule has 9 nitrogen and oxygen atoms in total. The number of esters is 2. The molecule has 2 atom stereocenters. The number of unbranched alkanes of at least 4 members (excludes halogenated alkanes) is 16. The van der Waals surface area contributed by atoms with Crippen LogP contribution in [0.15, 0.2) is 60.8 Å². The zero-order valence-electron chi connectivity index (χ0n) is 37.1. The molecule has 57 heavy (non-hydrogen) atoms. The molecule has 0 aliphatic heterocycles. The topological polar surface area (TPSA) is 108 Å². The monoisotopic (exact) mass is 823 g/mol. The number of carbonyl (C=O) groups excluding carboxylic acids is 2. The first kappa shape index (κ1) is 54.7. The third-order valence-corrected chi connectivity index (χ3v) is 10.3. The van der Waals surface area contributed by atoms with Crippen molar-refractivity contribution in [2.75, 3.05) is 47.5 Å². The van der Waals surface area contributed by atoms with Crippen LogP contribution in [0.5, 0.6) is 0 Å². The molecular formula is C47H85NO8P+. The predicted octanol–water partition coefficient (Wildman–Crippen LogP) is 12.9. The Morgan fingerprint density at radius 2 is 0.947 bits per heavy atom. The highest BCUT2D eigenvalue weighted by molar-refractivity contribution is 7.47. The number of ether oxygens (including phenoxy) is 2. The summed E-state index contributed by atoms with van der Waals surface area (Å²) in [5.74, 6) is -0.848. The first-order valence-corrected chi connectivity index (χ1v) is 24.0. The van der Waals surface area contributed by atoms with Gasteiger partial charge in [-0.25, -0.2) is 4.57 Å². The summed E-state index contributed by atoms with van der Waals surface area (Å²) in [5, 5.41) is 0. The molecule has 0 bridgehead atoms. The predicted molar refractivity (Wildman–Crippen MR) is 238 cm³/mol. The van der Waals surface area contributed by atoms with Crippen molar-refractivity contribution < 1.29 is 42.1 Å². The van der Waals surface area contributed by atoms with Crippen molar-refractivity contribution in [2.24, 2.45) is 0 Å². The number of hydrogen-bond acceptors (Lipinski definition) is 7. The smallest absolute Gasteiger partial charge is 0.462 e. The summed E-state index contributed by atoms with van der Waals surface area (Å²) < 4.78 is 34.3. The Morgan fingerprint density at radius 1 is 0.544 bits per heavy atom. The number of phosphoric acid groups is 1. The van der Waals surface area contributed by atoms with E-state index in [9.17, 15) is 19.0 Å². The second-order valence-corrected chi connectivity index (χ2v) is 17.5. The van der Waals surface area contributed by atoms with Gasteiger partial charge in [0, 0.05) is 12.8 Å². The summed E-state index contributed by atoms with van der Waals surface area (Å²) in [4.78, 5) is 35.4. The van der Waals surface area contributed by atoms with Crippen LogP contribution in [0.1, 0.15) is 174 Å². The highest BCUT2D eigenvalue weighted by atomic mass is 31.2. The van der Waals surface area contributed by atoms with E-state index in [0.29, 0.717) is 23.9 Å². The van der Waals surface area contributed by atoms with Gasteiger partial charge in [0.25, 0.3) is 0 Å². The molecule has 0 spiro atoms. The van der Waals surface area contributed by atoms with Crippen LogP contribution in [0.4, 0.5) is 0 Å². The largest absolute Gasteiger partial charge is 0.472 e. The van der Waals surface area contributed by atoms with Gasteiger partial charge in [-0.3, -0.25) is 18.6 Å². The van der Waals surface area contributed by atoms with Gasteiger partial charge in [0.2, 0.25) is 0 Å². The molecule has 0 aliphatic carbocycles. The number of rotatable bonds is 40. The second-order valence-electron chi connectivity index (χ2n) is 16.1. The minimum atomic E-state index is -4.39. The average Bonchev–Trinajstić information content (AvgIpc) is 3.16. The minimum absolute atomic E-state index is 0.0224. The minimum Gasteiger partial charge on any atom is -0.462 e. The van der Waals surface area contributed by atoms with Gasteiger partial charge in [0.1, 0.15) is 19.8 Å². The molecule has 0 aromatic rings. The van der Waals surface area contributed by atoms with Crippen molar-refractivity contribution in [2.45, 2.75) is 180 Å². The van der Waals surface area contributed by atoms with Crippen LogP contribution in [0, 0.1) is 0 Å². The van der Waals surface area contributed by atoms with E-state index in [1.807, 2.05) is 21.1 Å². The van der Waals surface area contributed by atoms with Crippen molar-refractivity contribution in [1.29, 1.82) is 0 Å². The summed E-state index contributed by atoms with van der Waals surface area (Å²) in [6, 6.07) is 0. The van der Waals surface area contributed by atoms with E-state index in [4.69, 9.17) is 18.5 Å². The standard InChI is InChI=1S/C47H84NO8P/c1-6-8-10-12-14-16-18-20-22-23-24-25-26-28-29-31-33-35-37-39-46(49)53-43-45(44-55-57(51,52)54-42-41-48(3,4)5)56-47(50)40-38-36-34-32-30-27-21-19-17-15-13-11-9-7-2/h14,16,19-22,24-25,28-29,45H,6-13,15,17-18,23,26-27,30-44H2,1-5H3/p+1/b16-14-,21-19-,22-20-,25-24-,29-28-/t45-/m1/s1. The lowest BCUT2D eigenvalue weighted by Crippen LogP contribution is -2.37. The van der Waals surface area contributed by atoms with E-state index in [0.717, 1.165) is 70.6 Å². The van der Waals surface area contributed by atoms with Gasteiger partial charge in [0.05, 0.1) is 27.7 Å². The van der Waals surface area contributed by atoms with E-state index >= 15 is 0 Å². The number of phosphoric ester groups is 1. The van der Waals surface area contributed by atoms with Gasteiger partial charge in [-0.2, -0.15) is 0 Å². The molecule has 0 aromatic heterocycles. The zero-order valence-corrected chi connectivity index (χ0v) is 38.0. The molecule has 0 heterocycles. The highest BCUT2D eigenvalue weighted by Crippen LogP contribution is 2.43. The van der Waals surface area contributed by atoms with E-state index < -0.39 is 32.5 Å². The molecule has 1 N–H and O–H groups in total. The normalized spacial score (nSPS) is 14.1. The first-order chi connectivity index (χ1) is 27.5. The molecule has 0 rings (SSSR count). The van der Waals surface area contributed by atoms with Crippen LogP contribution in [0.3, 0.4) is 0 Å². The number of quaternary nitrogens is 1. The maximum atomic E-state index is 12.7. The fourth-order valence-electron chi connectivity index (χ4n) is 5.70. The van der Waals surface area contributed by atoms with Crippen LogP contribution >= 0.6 is 7.82 Å². The van der Waals surface area contributed by atoms with Crippen molar-refractivity contribution in [1.82, 2.24) is 0 Å². The van der Waals surface area contributed by atoms with Crippen molar-refractivity contribution >= 4 is 19.8 Å². The fourth-order valence-corrected chi connectivity index (χ4v) is 6.44. The molecule has 0 aromatic carbocycles. The molecule has 10 heteroatoms. The summed E-state index contributed by atoms with van der Waals surface area (Å²) in [6.07, 6.45) is 46.9. The number of nitrogens with zero attached hydrogens (tertiary/aromatic N) is 1. The van der Waals surface area contributed by atoms with Gasteiger partial charge in [-0.05, 0) is 83.5 Å². The summed E-state index contributed by atoms with van der Waals surface area (Å²) in [6.45, 7) is 4.33. The van der Waals surface area contributed by atoms with E-state index in [1.54, 1.807) is 0 Å². The average molecular weight is 823 g/mol. The second kappa shape index (κ2) is 39.2. The van der Waals surface area contributed by atoms with Crippen molar-refractivity contribution in [3.8, 4) is 0 Å². The molecular weight excluding hydrogens is 737 g/mol. The highest BCUT2D eigenvalue weighted by Gasteiger charge is 2.27. The Bertz CT molecular complexity index is 1160. The third kappa shape index (κ3) is 43.1.